The first-order chi connectivity index (χ1) is 7.84. The second kappa shape index (κ2) is 4.10. The Kier molecular flexibility index (Phi) is 2.60. The average molecular weight is 276 g/mol. The predicted molar refractivity (Wildman–Crippen MR) is 72.4 cm³/mol. The quantitative estimate of drug-likeness (QED) is 0.763. The molecule has 0 bridgehead atoms. The highest BCUT2D eigenvalue weighted by Crippen LogP contribution is 2.32. The Morgan fingerprint density at radius 1 is 1.19 bits per heavy atom. The zero-order valence-electron chi connectivity index (χ0n) is 9.09. The van der Waals surface area contributed by atoms with E-state index in [2.05, 4.69) is 51.4 Å². The third-order valence-corrected chi connectivity index (χ3v) is 3.77. The number of fused-ring (bicyclic) bond motifs is 1. The molecule has 2 heteroatoms. The molecule has 1 N–H and O–H groups in total. The zero-order chi connectivity index (χ0) is 11.0. The van der Waals surface area contributed by atoms with Crippen LogP contribution in [-0.4, -0.2) is 4.98 Å². The number of hydrogen-bond donors (Lipinski definition) is 1. The van der Waals surface area contributed by atoms with Crippen molar-refractivity contribution in [2.45, 2.75) is 25.7 Å². The lowest BCUT2D eigenvalue weighted by molar-refractivity contribution is 0.742. The molecule has 1 heterocycles. The van der Waals surface area contributed by atoms with Crippen molar-refractivity contribution in [3.8, 4) is 0 Å². The summed E-state index contributed by atoms with van der Waals surface area (Å²) < 4.78 is 1.15. The van der Waals surface area contributed by atoms with Crippen LogP contribution in [0.2, 0.25) is 0 Å². The molecule has 1 aromatic heterocycles. The lowest BCUT2D eigenvalue weighted by Gasteiger charge is -2.11. The second-order valence-corrected chi connectivity index (χ2v) is 5.28. The lowest BCUT2D eigenvalue weighted by atomic mass is 9.93. The highest BCUT2D eigenvalue weighted by molar-refractivity contribution is 9.10. The van der Waals surface area contributed by atoms with Gasteiger partial charge in [0.25, 0.3) is 0 Å². The SMILES string of the molecule is Brc1ccc2[nH]cc(C3=CCCCC3)c2c1. The van der Waals surface area contributed by atoms with Crippen LogP contribution in [-0.2, 0) is 0 Å². The molecule has 3 rings (SSSR count). The van der Waals surface area contributed by atoms with Gasteiger partial charge in [-0.15, -0.1) is 0 Å². The number of allylic oxidation sites excluding steroid dienone is 2. The molecule has 1 aliphatic rings. The molecule has 1 aromatic carbocycles. The molecule has 0 unspecified atom stereocenters. The summed E-state index contributed by atoms with van der Waals surface area (Å²) in [6.07, 6.45) is 9.67. The van der Waals surface area contributed by atoms with Gasteiger partial charge in [-0.1, -0.05) is 22.0 Å². The maximum absolute atomic E-state index is 3.54. The van der Waals surface area contributed by atoms with Crippen LogP contribution in [0.3, 0.4) is 0 Å². The Labute approximate surface area is 104 Å². The van der Waals surface area contributed by atoms with E-state index in [1.165, 1.54) is 47.7 Å². The van der Waals surface area contributed by atoms with E-state index in [0.717, 1.165) is 4.47 Å². The van der Waals surface area contributed by atoms with Gasteiger partial charge in [0.2, 0.25) is 0 Å². The summed E-state index contributed by atoms with van der Waals surface area (Å²) >= 11 is 3.54. The molecule has 2 aromatic rings. The molecule has 0 fully saturated rings. The van der Waals surface area contributed by atoms with E-state index in [-0.39, 0.29) is 0 Å². The predicted octanol–water partition coefficient (Wildman–Crippen LogP) is 4.89. The topological polar surface area (TPSA) is 15.8 Å². The molecule has 82 valence electrons. The fourth-order valence-corrected chi connectivity index (χ4v) is 2.80. The van der Waals surface area contributed by atoms with Crippen LogP contribution in [0.4, 0.5) is 0 Å². The minimum Gasteiger partial charge on any atom is -0.361 e. The van der Waals surface area contributed by atoms with Crippen LogP contribution in [0.15, 0.2) is 34.9 Å². The third-order valence-electron chi connectivity index (χ3n) is 3.28. The lowest BCUT2D eigenvalue weighted by Crippen LogP contribution is -1.90. The van der Waals surface area contributed by atoms with Crippen molar-refractivity contribution in [1.29, 1.82) is 0 Å². The van der Waals surface area contributed by atoms with Crippen LogP contribution in [0.5, 0.6) is 0 Å². The first-order valence-electron chi connectivity index (χ1n) is 5.80. The Morgan fingerprint density at radius 3 is 2.94 bits per heavy atom. The van der Waals surface area contributed by atoms with Gasteiger partial charge < -0.3 is 4.98 Å². The van der Waals surface area contributed by atoms with Gasteiger partial charge in [0.1, 0.15) is 0 Å². The summed E-state index contributed by atoms with van der Waals surface area (Å²) in [5.41, 5.74) is 4.12. The van der Waals surface area contributed by atoms with E-state index in [4.69, 9.17) is 0 Å². The van der Waals surface area contributed by atoms with Crippen molar-refractivity contribution in [3.63, 3.8) is 0 Å². The number of halogens is 1. The zero-order valence-corrected chi connectivity index (χ0v) is 10.7. The molecule has 0 aliphatic heterocycles. The Balaban J connectivity index is 2.16. The summed E-state index contributed by atoms with van der Waals surface area (Å²) in [6.45, 7) is 0. The van der Waals surface area contributed by atoms with Gasteiger partial charge in [0.15, 0.2) is 0 Å². The van der Waals surface area contributed by atoms with Crippen molar-refractivity contribution in [2.24, 2.45) is 0 Å². The molecule has 0 radical (unpaired) electrons. The first-order valence-corrected chi connectivity index (χ1v) is 6.60. The van der Waals surface area contributed by atoms with Crippen molar-refractivity contribution in [1.82, 2.24) is 4.98 Å². The summed E-state index contributed by atoms with van der Waals surface area (Å²) in [6, 6.07) is 6.42. The molecule has 0 saturated heterocycles. The van der Waals surface area contributed by atoms with E-state index in [1.54, 1.807) is 0 Å². The molecule has 0 spiro atoms. The molecule has 1 aliphatic carbocycles. The normalized spacial score (nSPS) is 16.4. The standard InChI is InChI=1S/C14H14BrN/c15-11-6-7-14-12(8-11)13(9-16-14)10-4-2-1-3-5-10/h4,6-9,16H,1-3,5H2. The summed E-state index contributed by atoms with van der Waals surface area (Å²) in [5, 5.41) is 1.34. The Morgan fingerprint density at radius 2 is 2.12 bits per heavy atom. The number of benzene rings is 1. The summed E-state index contributed by atoms with van der Waals surface area (Å²) in [4.78, 5) is 3.35. The molecule has 16 heavy (non-hydrogen) atoms. The van der Waals surface area contributed by atoms with Gasteiger partial charge in [-0.3, -0.25) is 0 Å². The monoisotopic (exact) mass is 275 g/mol. The van der Waals surface area contributed by atoms with Gasteiger partial charge in [0, 0.05) is 27.1 Å². The van der Waals surface area contributed by atoms with Gasteiger partial charge in [-0.2, -0.15) is 0 Å². The molecule has 0 saturated carbocycles. The van der Waals surface area contributed by atoms with E-state index < -0.39 is 0 Å². The maximum Gasteiger partial charge on any atom is 0.0461 e. The van der Waals surface area contributed by atoms with E-state index in [0.29, 0.717) is 0 Å². The molecule has 0 atom stereocenters. The van der Waals surface area contributed by atoms with Crippen LogP contribution in [0, 0.1) is 0 Å². The van der Waals surface area contributed by atoms with E-state index in [1.807, 2.05) is 0 Å². The van der Waals surface area contributed by atoms with E-state index >= 15 is 0 Å². The van der Waals surface area contributed by atoms with Crippen molar-refractivity contribution in [2.75, 3.05) is 0 Å². The summed E-state index contributed by atoms with van der Waals surface area (Å²) in [7, 11) is 0. The molecule has 0 amide bonds. The van der Waals surface area contributed by atoms with Gasteiger partial charge in [0.05, 0.1) is 0 Å². The van der Waals surface area contributed by atoms with Crippen LogP contribution < -0.4 is 0 Å². The van der Waals surface area contributed by atoms with Gasteiger partial charge in [-0.05, 0) is 49.5 Å². The van der Waals surface area contributed by atoms with Crippen molar-refractivity contribution >= 4 is 32.4 Å². The maximum atomic E-state index is 3.54. The van der Waals surface area contributed by atoms with Crippen molar-refractivity contribution in [3.05, 3.63) is 40.5 Å². The van der Waals surface area contributed by atoms with Gasteiger partial charge in [-0.25, -0.2) is 0 Å². The number of H-pyrrole nitrogens is 1. The number of rotatable bonds is 1. The second-order valence-electron chi connectivity index (χ2n) is 4.37. The number of aromatic amines is 1. The molecular weight excluding hydrogens is 262 g/mol. The van der Waals surface area contributed by atoms with Crippen LogP contribution >= 0.6 is 15.9 Å². The van der Waals surface area contributed by atoms with Crippen LogP contribution in [0.25, 0.3) is 16.5 Å². The summed E-state index contributed by atoms with van der Waals surface area (Å²) in [5.74, 6) is 0. The first kappa shape index (κ1) is 10.2. The Hall–Kier alpha value is -1.02. The Bertz CT molecular complexity index is 551. The fraction of sp³-hybridized carbons (Fsp3) is 0.286. The molecule has 1 nitrogen and oxygen atoms in total. The van der Waals surface area contributed by atoms with Gasteiger partial charge >= 0.3 is 0 Å². The van der Waals surface area contributed by atoms with Crippen molar-refractivity contribution < 1.29 is 0 Å². The molecular formula is C14H14BrN. The highest BCUT2D eigenvalue weighted by Gasteiger charge is 2.11. The number of aromatic nitrogens is 1. The number of hydrogen-bond acceptors (Lipinski definition) is 0. The third kappa shape index (κ3) is 1.71. The smallest absolute Gasteiger partial charge is 0.0461 e. The van der Waals surface area contributed by atoms with Crippen LogP contribution in [0.1, 0.15) is 31.2 Å². The average Bonchev–Trinajstić information content (AvgIpc) is 2.73. The fourth-order valence-electron chi connectivity index (χ4n) is 2.44. The minimum absolute atomic E-state index is 1.15. The highest BCUT2D eigenvalue weighted by atomic mass is 79.9. The number of nitrogens with one attached hydrogen (secondary N) is 1. The van der Waals surface area contributed by atoms with E-state index in [9.17, 15) is 0 Å². The largest absolute Gasteiger partial charge is 0.361 e. The minimum atomic E-state index is 1.15.